The summed E-state index contributed by atoms with van der Waals surface area (Å²) in [5, 5.41) is 10.9. The Bertz CT molecular complexity index is 640. The molecule has 0 spiro atoms. The van der Waals surface area contributed by atoms with Crippen LogP contribution in [0, 0.1) is 11.8 Å². The van der Waals surface area contributed by atoms with Crippen LogP contribution in [0.1, 0.15) is 40.5 Å². The molecule has 10 atom stereocenters. The molecule has 2 fully saturated rings. The van der Waals surface area contributed by atoms with Crippen molar-refractivity contribution in [2.75, 3.05) is 35.5 Å². The molecule has 2 aliphatic rings. The lowest BCUT2D eigenvalue weighted by Gasteiger charge is -2.50. The van der Waals surface area contributed by atoms with E-state index in [1.165, 1.54) is 0 Å². The predicted octanol–water partition coefficient (Wildman–Crippen LogP) is 3.08. The quantitative estimate of drug-likeness (QED) is 0.434. The summed E-state index contributed by atoms with van der Waals surface area (Å²) in [5.74, 6) is -1.10. The minimum atomic E-state index is -1.16. The zero-order valence-electron chi connectivity index (χ0n) is 21.6. The third-order valence-corrected chi connectivity index (χ3v) is 7.19. The molecular formula is C25H44O8. The highest BCUT2D eigenvalue weighted by Gasteiger charge is 2.50. The molecule has 2 heterocycles. The summed E-state index contributed by atoms with van der Waals surface area (Å²) in [6.45, 7) is 8.13. The van der Waals surface area contributed by atoms with Gasteiger partial charge in [-0.25, -0.2) is 0 Å². The SMILES string of the molecule is CC[C@H](OC)[C@@H](C)[C@H]1C[C@@](O)([C@H](C)/C=C/C=C(\C)[C@H]2O[C@H](OC)[C@H](OC)[C@@H](OC)[C@@H]2OC)O1. The van der Waals surface area contributed by atoms with Crippen molar-refractivity contribution < 1.29 is 38.3 Å². The average Bonchev–Trinajstić information content (AvgIpc) is 2.80. The molecule has 0 saturated carbocycles. The van der Waals surface area contributed by atoms with E-state index in [0.29, 0.717) is 6.42 Å². The fourth-order valence-electron chi connectivity index (χ4n) is 4.88. The molecule has 0 unspecified atom stereocenters. The first-order valence-corrected chi connectivity index (χ1v) is 11.8. The fourth-order valence-corrected chi connectivity index (χ4v) is 4.88. The van der Waals surface area contributed by atoms with Crippen LogP contribution in [-0.4, -0.2) is 89.4 Å². The topological polar surface area (TPSA) is 84.8 Å². The van der Waals surface area contributed by atoms with Gasteiger partial charge in [0, 0.05) is 53.8 Å². The summed E-state index contributed by atoms with van der Waals surface area (Å²) in [6, 6.07) is 0. The smallest absolute Gasteiger partial charge is 0.186 e. The molecule has 33 heavy (non-hydrogen) atoms. The van der Waals surface area contributed by atoms with E-state index in [-0.39, 0.29) is 42.4 Å². The molecule has 2 saturated heterocycles. The minimum absolute atomic E-state index is 0.00295. The maximum absolute atomic E-state index is 10.9. The van der Waals surface area contributed by atoms with Gasteiger partial charge in [-0.2, -0.15) is 0 Å². The Morgan fingerprint density at radius 3 is 2.12 bits per heavy atom. The number of hydrogen-bond donors (Lipinski definition) is 1. The van der Waals surface area contributed by atoms with E-state index in [1.54, 1.807) is 35.5 Å². The van der Waals surface area contributed by atoms with Gasteiger partial charge in [0.05, 0.1) is 12.2 Å². The number of methoxy groups -OCH3 is 5. The second-order valence-corrected chi connectivity index (χ2v) is 9.09. The standard InChI is InChI=1S/C25H44O8/c1-10-18(27-5)17(4)19-14-25(26,33-19)16(3)13-11-12-15(2)20-21(28-6)22(29-7)23(30-8)24(31-9)32-20/h11-13,16-24,26H,10,14H2,1-9H3/b13-11+,15-12+/t16-,17-,18+,19-,20-,21-,22+,23-,24+,25+/m1/s1. The zero-order chi connectivity index (χ0) is 24.8. The van der Waals surface area contributed by atoms with Crippen LogP contribution in [0.4, 0.5) is 0 Å². The number of hydrogen-bond acceptors (Lipinski definition) is 8. The van der Waals surface area contributed by atoms with Crippen LogP contribution < -0.4 is 0 Å². The first kappa shape index (κ1) is 28.4. The lowest BCUT2D eigenvalue weighted by Crippen LogP contribution is -2.60. The molecule has 2 aliphatic heterocycles. The lowest BCUT2D eigenvalue weighted by molar-refractivity contribution is -0.351. The molecule has 0 aromatic carbocycles. The number of aliphatic hydroxyl groups is 1. The van der Waals surface area contributed by atoms with E-state index < -0.39 is 18.2 Å². The van der Waals surface area contributed by atoms with Gasteiger partial charge in [0.2, 0.25) is 0 Å². The Morgan fingerprint density at radius 1 is 1.03 bits per heavy atom. The summed E-state index contributed by atoms with van der Waals surface area (Å²) >= 11 is 0. The summed E-state index contributed by atoms with van der Waals surface area (Å²) in [4.78, 5) is 0. The third-order valence-electron chi connectivity index (χ3n) is 7.19. The van der Waals surface area contributed by atoms with Gasteiger partial charge in [-0.1, -0.05) is 39.0 Å². The van der Waals surface area contributed by atoms with Gasteiger partial charge >= 0.3 is 0 Å². The molecule has 0 bridgehead atoms. The molecule has 0 amide bonds. The van der Waals surface area contributed by atoms with Gasteiger partial charge in [0.15, 0.2) is 12.1 Å². The lowest BCUT2D eigenvalue weighted by atomic mass is 9.81. The highest BCUT2D eigenvalue weighted by atomic mass is 16.7. The maximum atomic E-state index is 10.9. The van der Waals surface area contributed by atoms with Crippen LogP contribution in [0.3, 0.4) is 0 Å². The van der Waals surface area contributed by atoms with Crippen molar-refractivity contribution >= 4 is 0 Å². The Morgan fingerprint density at radius 2 is 1.64 bits per heavy atom. The van der Waals surface area contributed by atoms with E-state index in [4.69, 9.17) is 33.2 Å². The molecule has 1 N–H and O–H groups in total. The second kappa shape index (κ2) is 12.7. The number of ether oxygens (including phenoxy) is 7. The van der Waals surface area contributed by atoms with Gasteiger partial charge in [0.1, 0.15) is 24.4 Å². The summed E-state index contributed by atoms with van der Waals surface area (Å²) in [7, 11) is 8.16. The van der Waals surface area contributed by atoms with Gasteiger partial charge in [-0.3, -0.25) is 0 Å². The monoisotopic (exact) mass is 472 g/mol. The van der Waals surface area contributed by atoms with Crippen molar-refractivity contribution in [2.24, 2.45) is 11.8 Å². The summed E-state index contributed by atoms with van der Waals surface area (Å²) in [6.07, 6.45) is 5.39. The molecule has 0 radical (unpaired) electrons. The van der Waals surface area contributed by atoms with E-state index >= 15 is 0 Å². The van der Waals surface area contributed by atoms with E-state index in [0.717, 1.165) is 12.0 Å². The van der Waals surface area contributed by atoms with Crippen LogP contribution in [0.5, 0.6) is 0 Å². The van der Waals surface area contributed by atoms with Gasteiger partial charge < -0.3 is 38.3 Å². The minimum Gasteiger partial charge on any atom is -0.381 e. The van der Waals surface area contributed by atoms with Crippen molar-refractivity contribution in [3.8, 4) is 0 Å². The second-order valence-electron chi connectivity index (χ2n) is 9.09. The van der Waals surface area contributed by atoms with Crippen molar-refractivity contribution in [3.05, 3.63) is 23.8 Å². The maximum Gasteiger partial charge on any atom is 0.186 e. The first-order chi connectivity index (χ1) is 15.7. The van der Waals surface area contributed by atoms with Gasteiger partial charge in [0.25, 0.3) is 0 Å². The summed E-state index contributed by atoms with van der Waals surface area (Å²) < 4.78 is 40.0. The Balaban J connectivity index is 2.03. The fraction of sp³-hybridized carbons (Fsp3) is 0.840. The zero-order valence-corrected chi connectivity index (χ0v) is 21.6. The van der Waals surface area contributed by atoms with Gasteiger partial charge in [-0.15, -0.1) is 0 Å². The Labute approximate surface area is 199 Å². The normalized spacial score (nSPS) is 38.2. The molecule has 192 valence electrons. The molecule has 8 nitrogen and oxygen atoms in total. The van der Waals surface area contributed by atoms with Crippen molar-refractivity contribution in [3.63, 3.8) is 0 Å². The molecule has 8 heteroatoms. The highest BCUT2D eigenvalue weighted by molar-refractivity contribution is 5.19. The Kier molecular flexibility index (Phi) is 11.0. The van der Waals surface area contributed by atoms with E-state index in [1.807, 2.05) is 32.1 Å². The average molecular weight is 473 g/mol. The Hall–Kier alpha value is -0.840. The molecular weight excluding hydrogens is 428 g/mol. The largest absolute Gasteiger partial charge is 0.381 e. The van der Waals surface area contributed by atoms with Crippen LogP contribution in [0.15, 0.2) is 23.8 Å². The van der Waals surface area contributed by atoms with E-state index in [2.05, 4.69) is 13.8 Å². The number of rotatable bonds is 12. The van der Waals surface area contributed by atoms with Crippen molar-refractivity contribution in [1.29, 1.82) is 0 Å². The van der Waals surface area contributed by atoms with Crippen LogP contribution in [0.25, 0.3) is 0 Å². The van der Waals surface area contributed by atoms with Crippen LogP contribution in [0.2, 0.25) is 0 Å². The van der Waals surface area contributed by atoms with Crippen LogP contribution >= 0.6 is 0 Å². The van der Waals surface area contributed by atoms with E-state index in [9.17, 15) is 5.11 Å². The summed E-state index contributed by atoms with van der Waals surface area (Å²) in [5.41, 5.74) is 0.947. The molecule has 0 aromatic heterocycles. The molecule has 0 aliphatic carbocycles. The van der Waals surface area contributed by atoms with Gasteiger partial charge in [-0.05, 0) is 18.9 Å². The molecule has 0 aromatic rings. The predicted molar refractivity (Wildman–Crippen MR) is 125 cm³/mol. The van der Waals surface area contributed by atoms with Crippen molar-refractivity contribution in [1.82, 2.24) is 0 Å². The number of allylic oxidation sites excluding steroid dienone is 2. The highest BCUT2D eigenvalue weighted by Crippen LogP contribution is 2.42. The third kappa shape index (κ3) is 6.24. The molecule has 2 rings (SSSR count). The van der Waals surface area contributed by atoms with Crippen molar-refractivity contribution in [2.45, 2.75) is 89.2 Å². The first-order valence-electron chi connectivity index (χ1n) is 11.8. The van der Waals surface area contributed by atoms with Crippen LogP contribution in [-0.2, 0) is 33.2 Å².